The van der Waals surface area contributed by atoms with Crippen LogP contribution >= 0.6 is 0 Å². The van der Waals surface area contributed by atoms with Crippen LogP contribution in [0.25, 0.3) is 0 Å². The zero-order valence-electron chi connectivity index (χ0n) is 10.9. The van der Waals surface area contributed by atoms with Crippen molar-refractivity contribution in [1.82, 2.24) is 4.90 Å². The summed E-state index contributed by atoms with van der Waals surface area (Å²) >= 11 is 0. The number of hydrogen-bond acceptors (Lipinski definition) is 2. The minimum absolute atomic E-state index is 0.167. The maximum atomic E-state index is 13.6. The predicted molar refractivity (Wildman–Crippen MR) is 63.3 cm³/mol. The molecule has 0 aliphatic carbocycles. The standard InChI is InChI=1S/C13H15F5N2/c1-6-2-7(19)4-20(3-6)5-8-9(14)11(16)13(18)12(17)10(8)15/h6-7H,2-5,19H2,1H3. The highest BCUT2D eigenvalue weighted by Crippen LogP contribution is 2.25. The molecule has 1 aromatic rings. The van der Waals surface area contributed by atoms with E-state index in [2.05, 4.69) is 0 Å². The lowest BCUT2D eigenvalue weighted by Gasteiger charge is -2.34. The molecule has 1 fully saturated rings. The summed E-state index contributed by atoms with van der Waals surface area (Å²) in [6, 6.07) is -0.167. The van der Waals surface area contributed by atoms with Gasteiger partial charge in [-0.2, -0.15) is 0 Å². The van der Waals surface area contributed by atoms with E-state index in [1.807, 2.05) is 6.92 Å². The average molecular weight is 294 g/mol. The molecule has 2 atom stereocenters. The van der Waals surface area contributed by atoms with Gasteiger partial charge < -0.3 is 5.73 Å². The number of hydrogen-bond donors (Lipinski definition) is 1. The number of piperidine rings is 1. The van der Waals surface area contributed by atoms with Crippen LogP contribution in [0.1, 0.15) is 18.9 Å². The second kappa shape index (κ2) is 5.65. The van der Waals surface area contributed by atoms with Crippen LogP contribution in [0.5, 0.6) is 0 Å². The van der Waals surface area contributed by atoms with E-state index in [0.717, 1.165) is 6.42 Å². The Morgan fingerprint density at radius 2 is 1.45 bits per heavy atom. The zero-order valence-corrected chi connectivity index (χ0v) is 10.9. The first kappa shape index (κ1) is 15.2. The summed E-state index contributed by atoms with van der Waals surface area (Å²) in [5, 5.41) is 0. The highest BCUT2D eigenvalue weighted by molar-refractivity contribution is 5.24. The molecule has 0 spiro atoms. The van der Waals surface area contributed by atoms with Crippen LogP contribution in [0, 0.1) is 35.0 Å². The summed E-state index contributed by atoms with van der Waals surface area (Å²) in [5.41, 5.74) is 4.99. The van der Waals surface area contributed by atoms with Crippen LogP contribution in [0.2, 0.25) is 0 Å². The second-order valence-electron chi connectivity index (χ2n) is 5.34. The lowest BCUT2D eigenvalue weighted by atomic mass is 9.96. The number of benzene rings is 1. The number of rotatable bonds is 2. The van der Waals surface area contributed by atoms with E-state index in [-0.39, 0.29) is 18.5 Å². The first-order valence-corrected chi connectivity index (χ1v) is 6.29. The van der Waals surface area contributed by atoms with Gasteiger partial charge in [-0.15, -0.1) is 0 Å². The van der Waals surface area contributed by atoms with Gasteiger partial charge in [0.05, 0.1) is 0 Å². The van der Waals surface area contributed by atoms with Gasteiger partial charge >= 0.3 is 0 Å². The number of halogens is 5. The van der Waals surface area contributed by atoms with E-state index >= 15 is 0 Å². The fraction of sp³-hybridized carbons (Fsp3) is 0.538. The van der Waals surface area contributed by atoms with E-state index in [1.54, 1.807) is 4.90 Å². The third kappa shape index (κ3) is 2.78. The van der Waals surface area contributed by atoms with Gasteiger partial charge in [-0.25, -0.2) is 22.0 Å². The third-order valence-electron chi connectivity index (χ3n) is 3.45. The molecule has 20 heavy (non-hydrogen) atoms. The van der Waals surface area contributed by atoms with Crippen molar-refractivity contribution in [2.24, 2.45) is 11.7 Å². The molecule has 2 N–H and O–H groups in total. The molecule has 1 saturated heterocycles. The van der Waals surface area contributed by atoms with Crippen molar-refractivity contribution in [3.8, 4) is 0 Å². The summed E-state index contributed by atoms with van der Waals surface area (Å²) in [5.74, 6) is -9.28. The molecule has 112 valence electrons. The Labute approximate surface area is 113 Å². The number of likely N-dealkylation sites (tertiary alicyclic amines) is 1. The molecule has 1 aliphatic rings. The molecule has 0 radical (unpaired) electrons. The van der Waals surface area contributed by atoms with E-state index in [9.17, 15) is 22.0 Å². The molecule has 0 saturated carbocycles. The minimum Gasteiger partial charge on any atom is -0.327 e. The second-order valence-corrected chi connectivity index (χ2v) is 5.34. The zero-order chi connectivity index (χ0) is 15.0. The quantitative estimate of drug-likeness (QED) is 0.516. The van der Waals surface area contributed by atoms with Crippen LogP contribution < -0.4 is 5.73 Å². The number of nitrogens with zero attached hydrogens (tertiary/aromatic N) is 1. The molecule has 2 nitrogen and oxygen atoms in total. The fourth-order valence-electron chi connectivity index (χ4n) is 2.65. The molecule has 0 bridgehead atoms. The number of nitrogens with two attached hydrogens (primary N) is 1. The van der Waals surface area contributed by atoms with Crippen molar-refractivity contribution in [2.45, 2.75) is 25.9 Å². The van der Waals surface area contributed by atoms with Crippen LogP contribution in [0.4, 0.5) is 22.0 Å². The molecule has 0 aromatic heterocycles. The topological polar surface area (TPSA) is 29.3 Å². The monoisotopic (exact) mass is 294 g/mol. The summed E-state index contributed by atoms with van der Waals surface area (Å²) in [7, 11) is 0. The van der Waals surface area contributed by atoms with Crippen molar-refractivity contribution >= 4 is 0 Å². The first-order chi connectivity index (χ1) is 9.31. The first-order valence-electron chi connectivity index (χ1n) is 6.29. The Hall–Kier alpha value is -1.21. The van der Waals surface area contributed by atoms with Gasteiger partial charge in [0.25, 0.3) is 0 Å². The third-order valence-corrected chi connectivity index (χ3v) is 3.45. The van der Waals surface area contributed by atoms with Gasteiger partial charge in [-0.1, -0.05) is 6.92 Å². The summed E-state index contributed by atoms with van der Waals surface area (Å²) in [6.07, 6.45) is 0.771. The fourth-order valence-corrected chi connectivity index (χ4v) is 2.65. The van der Waals surface area contributed by atoms with Crippen molar-refractivity contribution in [3.63, 3.8) is 0 Å². The molecular weight excluding hydrogens is 279 g/mol. The van der Waals surface area contributed by atoms with Gasteiger partial charge in [-0.3, -0.25) is 4.90 Å². The van der Waals surface area contributed by atoms with Gasteiger partial charge in [0, 0.05) is 31.2 Å². The van der Waals surface area contributed by atoms with Crippen molar-refractivity contribution < 1.29 is 22.0 Å². The molecule has 2 unspecified atom stereocenters. The lowest BCUT2D eigenvalue weighted by Crippen LogP contribution is -2.46. The van der Waals surface area contributed by atoms with Gasteiger partial charge in [0.15, 0.2) is 23.3 Å². The minimum atomic E-state index is -2.13. The Morgan fingerprint density at radius 3 is 1.95 bits per heavy atom. The summed E-state index contributed by atoms with van der Waals surface area (Å²) < 4.78 is 66.3. The van der Waals surface area contributed by atoms with E-state index in [4.69, 9.17) is 5.73 Å². The maximum absolute atomic E-state index is 13.6. The lowest BCUT2D eigenvalue weighted by molar-refractivity contribution is 0.153. The Morgan fingerprint density at radius 1 is 0.950 bits per heavy atom. The predicted octanol–water partition coefficient (Wildman–Crippen LogP) is 2.55. The smallest absolute Gasteiger partial charge is 0.200 e. The molecule has 7 heteroatoms. The maximum Gasteiger partial charge on any atom is 0.200 e. The van der Waals surface area contributed by atoms with E-state index in [1.165, 1.54) is 0 Å². The van der Waals surface area contributed by atoms with Crippen LogP contribution in [-0.4, -0.2) is 24.0 Å². The molecule has 1 heterocycles. The largest absolute Gasteiger partial charge is 0.327 e. The SMILES string of the molecule is CC1CC(N)CN(Cc2c(F)c(F)c(F)c(F)c2F)C1. The van der Waals surface area contributed by atoms with E-state index in [0.29, 0.717) is 13.1 Å². The van der Waals surface area contributed by atoms with Gasteiger partial charge in [-0.05, 0) is 12.3 Å². The summed E-state index contributed by atoms with van der Waals surface area (Å²) in [4.78, 5) is 1.61. The normalized spacial score (nSPS) is 24.1. The summed E-state index contributed by atoms with van der Waals surface area (Å²) in [6.45, 7) is 2.45. The van der Waals surface area contributed by atoms with Gasteiger partial charge in [0.1, 0.15) is 0 Å². The van der Waals surface area contributed by atoms with Crippen molar-refractivity contribution in [1.29, 1.82) is 0 Å². The Kier molecular flexibility index (Phi) is 4.29. The van der Waals surface area contributed by atoms with Crippen molar-refractivity contribution in [3.05, 3.63) is 34.6 Å². The Balaban J connectivity index is 2.30. The highest BCUT2D eigenvalue weighted by atomic mass is 19.2. The average Bonchev–Trinajstić information content (AvgIpc) is 2.38. The molecule has 1 aliphatic heterocycles. The highest BCUT2D eigenvalue weighted by Gasteiger charge is 2.29. The van der Waals surface area contributed by atoms with Crippen LogP contribution in [-0.2, 0) is 6.54 Å². The van der Waals surface area contributed by atoms with Crippen molar-refractivity contribution in [2.75, 3.05) is 13.1 Å². The molecule has 0 amide bonds. The van der Waals surface area contributed by atoms with Gasteiger partial charge in [0.2, 0.25) is 5.82 Å². The molecular formula is C13H15F5N2. The molecule has 2 rings (SSSR count). The molecule has 1 aromatic carbocycles. The van der Waals surface area contributed by atoms with Crippen LogP contribution in [0.3, 0.4) is 0 Å². The Bertz CT molecular complexity index is 481. The van der Waals surface area contributed by atoms with E-state index < -0.39 is 34.6 Å². The van der Waals surface area contributed by atoms with Crippen LogP contribution in [0.15, 0.2) is 0 Å².